The molecule has 0 aliphatic carbocycles. The van der Waals surface area contributed by atoms with E-state index in [4.69, 9.17) is 0 Å². The van der Waals surface area contributed by atoms with E-state index in [1.54, 1.807) is 12.1 Å². The van der Waals surface area contributed by atoms with Crippen LogP contribution in [0.1, 0.15) is 19.8 Å². The fourth-order valence-corrected chi connectivity index (χ4v) is 4.39. The van der Waals surface area contributed by atoms with Crippen molar-refractivity contribution in [1.82, 2.24) is 4.98 Å². The average Bonchev–Trinajstić information content (AvgIpc) is 3.06. The van der Waals surface area contributed by atoms with Crippen molar-refractivity contribution in [2.45, 2.75) is 19.8 Å². The number of anilines is 1. The number of halogens is 2. The Morgan fingerprint density at radius 1 is 1.14 bits per heavy atom. The largest absolute Gasteiger partial charge is 0.481 e. The van der Waals surface area contributed by atoms with Crippen LogP contribution in [0.15, 0.2) is 52.3 Å². The molecule has 0 aliphatic heterocycles. The van der Waals surface area contributed by atoms with Crippen molar-refractivity contribution in [2.24, 2.45) is 5.92 Å². The maximum Gasteiger partial charge on any atom is 0.308 e. The number of benzene rings is 2. The molecule has 1 atom stereocenters. The Morgan fingerprint density at radius 2 is 1.71 bits per heavy atom. The second-order valence-electron chi connectivity index (χ2n) is 6.43. The Morgan fingerprint density at radius 3 is 2.29 bits per heavy atom. The lowest BCUT2D eigenvalue weighted by Crippen LogP contribution is -2.22. The highest BCUT2D eigenvalue weighted by Gasteiger charge is 2.18. The zero-order valence-corrected chi connectivity index (χ0v) is 17.7. The fourth-order valence-electron chi connectivity index (χ4n) is 2.89. The Bertz CT molecular complexity index is 942. The number of rotatable bonds is 8. The third kappa shape index (κ3) is 4.97. The van der Waals surface area contributed by atoms with Gasteiger partial charge in [-0.1, -0.05) is 61.1 Å². The number of carboxylic acid groups (broad SMARTS) is 1. The number of aromatic nitrogens is 1. The van der Waals surface area contributed by atoms with Crippen LogP contribution in [-0.2, 0) is 4.79 Å². The molecule has 3 rings (SSSR count). The zero-order chi connectivity index (χ0) is 20.1. The summed E-state index contributed by atoms with van der Waals surface area (Å²) in [5.41, 5.74) is 3.70. The smallest absolute Gasteiger partial charge is 0.308 e. The molecule has 0 spiro atoms. The summed E-state index contributed by atoms with van der Waals surface area (Å²) in [4.78, 5) is 15.9. The van der Waals surface area contributed by atoms with Crippen LogP contribution in [0.4, 0.5) is 9.52 Å². The van der Waals surface area contributed by atoms with Gasteiger partial charge in [0.05, 0.1) is 15.4 Å². The zero-order valence-electron chi connectivity index (χ0n) is 15.3. The van der Waals surface area contributed by atoms with Gasteiger partial charge >= 0.3 is 5.97 Å². The third-order valence-electron chi connectivity index (χ3n) is 4.41. The lowest BCUT2D eigenvalue weighted by Gasteiger charge is -2.11. The first-order valence-electron chi connectivity index (χ1n) is 8.97. The van der Waals surface area contributed by atoms with Crippen LogP contribution in [0, 0.1) is 11.7 Å². The molecule has 0 saturated carbocycles. The minimum atomic E-state index is -0.790. The van der Waals surface area contributed by atoms with Gasteiger partial charge in [0.15, 0.2) is 5.13 Å². The topological polar surface area (TPSA) is 62.2 Å². The lowest BCUT2D eigenvalue weighted by molar-refractivity contribution is -0.141. The molecule has 0 aliphatic rings. The number of hydrogen-bond donors (Lipinski definition) is 2. The van der Waals surface area contributed by atoms with E-state index in [9.17, 15) is 14.3 Å². The molecule has 0 saturated heterocycles. The average molecular weight is 463 g/mol. The lowest BCUT2D eigenvalue weighted by atomic mass is 10.0. The standard InChI is InChI=1S/C21H20BrFN2O2S/c1-2-3-16(20(26)27)12-24-21-25-18(19(22)28-21)15-6-4-13(5-7-15)14-8-10-17(23)11-9-14/h4-11,16H,2-3,12H2,1H3,(H,24,25)(H,26,27). The Kier molecular flexibility index (Phi) is 6.80. The SMILES string of the molecule is CCCC(CNc1nc(-c2ccc(-c3ccc(F)cc3)cc2)c(Br)s1)C(=O)O. The number of aliphatic carboxylic acids is 1. The van der Waals surface area contributed by atoms with Crippen molar-refractivity contribution in [2.75, 3.05) is 11.9 Å². The quantitative estimate of drug-likeness (QED) is 0.412. The van der Waals surface area contributed by atoms with Gasteiger partial charge in [-0.15, -0.1) is 0 Å². The molecule has 1 heterocycles. The highest BCUT2D eigenvalue weighted by atomic mass is 79.9. The summed E-state index contributed by atoms with van der Waals surface area (Å²) in [7, 11) is 0. The van der Waals surface area contributed by atoms with Gasteiger partial charge in [-0.25, -0.2) is 9.37 Å². The summed E-state index contributed by atoms with van der Waals surface area (Å²) < 4.78 is 14.0. The van der Waals surface area contributed by atoms with Crippen molar-refractivity contribution in [1.29, 1.82) is 0 Å². The highest BCUT2D eigenvalue weighted by molar-refractivity contribution is 9.11. The maximum absolute atomic E-state index is 13.1. The predicted molar refractivity (Wildman–Crippen MR) is 115 cm³/mol. The molecule has 2 N–H and O–H groups in total. The van der Waals surface area contributed by atoms with Crippen LogP contribution in [-0.4, -0.2) is 22.6 Å². The van der Waals surface area contributed by atoms with Crippen LogP contribution in [0.5, 0.6) is 0 Å². The van der Waals surface area contributed by atoms with E-state index in [1.165, 1.54) is 23.5 Å². The third-order valence-corrected chi connectivity index (χ3v) is 6.07. The Labute approximate surface area is 175 Å². The molecular weight excluding hydrogens is 443 g/mol. The molecule has 7 heteroatoms. The molecule has 2 aromatic carbocycles. The molecule has 1 aromatic heterocycles. The number of nitrogens with zero attached hydrogens (tertiary/aromatic N) is 1. The van der Waals surface area contributed by atoms with E-state index in [2.05, 4.69) is 26.2 Å². The Balaban J connectivity index is 1.73. The van der Waals surface area contributed by atoms with Crippen LogP contribution < -0.4 is 5.32 Å². The summed E-state index contributed by atoms with van der Waals surface area (Å²) in [5, 5.41) is 13.1. The second-order valence-corrected chi connectivity index (χ2v) is 8.75. The van der Waals surface area contributed by atoms with E-state index in [-0.39, 0.29) is 5.82 Å². The molecule has 3 aromatic rings. The van der Waals surface area contributed by atoms with E-state index in [0.717, 1.165) is 32.6 Å². The van der Waals surface area contributed by atoms with Gasteiger partial charge in [-0.3, -0.25) is 4.79 Å². The first-order chi connectivity index (χ1) is 13.5. The number of thiazole rings is 1. The summed E-state index contributed by atoms with van der Waals surface area (Å²) >= 11 is 4.99. The van der Waals surface area contributed by atoms with Crippen molar-refractivity contribution >= 4 is 38.4 Å². The van der Waals surface area contributed by atoms with Gasteiger partial charge in [-0.2, -0.15) is 0 Å². The van der Waals surface area contributed by atoms with Gasteiger partial charge < -0.3 is 10.4 Å². The van der Waals surface area contributed by atoms with Crippen molar-refractivity contribution < 1.29 is 14.3 Å². The number of carboxylic acids is 1. The van der Waals surface area contributed by atoms with Gasteiger partial charge in [-0.05, 0) is 45.6 Å². The predicted octanol–water partition coefficient (Wildman–Crippen LogP) is 6.29. The molecule has 0 radical (unpaired) electrons. The molecule has 1 unspecified atom stereocenters. The highest BCUT2D eigenvalue weighted by Crippen LogP contribution is 2.36. The molecule has 0 bridgehead atoms. The van der Waals surface area contributed by atoms with E-state index < -0.39 is 11.9 Å². The monoisotopic (exact) mass is 462 g/mol. The van der Waals surface area contributed by atoms with Gasteiger partial charge in [0.2, 0.25) is 0 Å². The van der Waals surface area contributed by atoms with Crippen molar-refractivity contribution in [3.63, 3.8) is 0 Å². The normalized spacial score (nSPS) is 12.0. The summed E-state index contributed by atoms with van der Waals surface area (Å²) in [6.07, 6.45) is 1.46. The molecular formula is C21H20BrFN2O2S. The molecule has 0 fully saturated rings. The van der Waals surface area contributed by atoms with E-state index >= 15 is 0 Å². The van der Waals surface area contributed by atoms with Gasteiger partial charge in [0, 0.05) is 12.1 Å². The number of nitrogens with one attached hydrogen (secondary N) is 1. The minimum absolute atomic E-state index is 0.254. The van der Waals surface area contributed by atoms with Crippen LogP contribution in [0.25, 0.3) is 22.4 Å². The minimum Gasteiger partial charge on any atom is -0.481 e. The van der Waals surface area contributed by atoms with Gasteiger partial charge in [0.1, 0.15) is 5.82 Å². The summed E-state index contributed by atoms with van der Waals surface area (Å²) in [6.45, 7) is 2.33. The molecule has 4 nitrogen and oxygen atoms in total. The second kappa shape index (κ2) is 9.30. The molecule has 28 heavy (non-hydrogen) atoms. The first-order valence-corrected chi connectivity index (χ1v) is 10.6. The first kappa shape index (κ1) is 20.5. The molecule has 0 amide bonds. The van der Waals surface area contributed by atoms with Crippen molar-refractivity contribution in [3.8, 4) is 22.4 Å². The number of carbonyl (C=O) groups is 1. The number of hydrogen-bond acceptors (Lipinski definition) is 4. The summed E-state index contributed by atoms with van der Waals surface area (Å²) in [6, 6.07) is 14.3. The van der Waals surface area contributed by atoms with Crippen LogP contribution in [0.3, 0.4) is 0 Å². The summed E-state index contributed by atoms with van der Waals surface area (Å²) in [5.74, 6) is -1.47. The fraction of sp³-hybridized carbons (Fsp3) is 0.238. The van der Waals surface area contributed by atoms with E-state index in [1.807, 2.05) is 31.2 Å². The van der Waals surface area contributed by atoms with Crippen molar-refractivity contribution in [3.05, 3.63) is 58.1 Å². The van der Waals surface area contributed by atoms with Crippen LogP contribution >= 0.6 is 27.3 Å². The van der Waals surface area contributed by atoms with E-state index in [0.29, 0.717) is 18.1 Å². The van der Waals surface area contributed by atoms with Crippen LogP contribution in [0.2, 0.25) is 0 Å². The maximum atomic E-state index is 13.1. The van der Waals surface area contributed by atoms with Gasteiger partial charge in [0.25, 0.3) is 0 Å². The Hall–Kier alpha value is -2.25. The molecule has 146 valence electrons.